The van der Waals surface area contributed by atoms with Crippen LogP contribution in [0.4, 0.5) is 5.69 Å². The first kappa shape index (κ1) is 11.9. The van der Waals surface area contributed by atoms with Gasteiger partial charge < -0.3 is 4.98 Å². The smallest absolute Gasteiger partial charge is 0.278 e. The third-order valence-electron chi connectivity index (χ3n) is 2.05. The van der Waals surface area contributed by atoms with E-state index in [-0.39, 0.29) is 5.03 Å². The second-order valence-electron chi connectivity index (χ2n) is 3.45. The number of rotatable bonds is 3. The molecule has 1 aromatic carbocycles. The predicted octanol–water partition coefficient (Wildman–Crippen LogP) is 2.17. The fourth-order valence-electron chi connectivity index (χ4n) is 1.30. The van der Waals surface area contributed by atoms with Crippen LogP contribution >= 0.6 is 11.6 Å². The van der Waals surface area contributed by atoms with Crippen LogP contribution < -0.4 is 4.72 Å². The summed E-state index contributed by atoms with van der Waals surface area (Å²) in [5.74, 6) is 0.538. The van der Waals surface area contributed by atoms with Gasteiger partial charge >= 0.3 is 0 Å². The highest BCUT2D eigenvalue weighted by Crippen LogP contribution is 2.18. The van der Waals surface area contributed by atoms with Gasteiger partial charge in [-0.05, 0) is 25.1 Å². The van der Waals surface area contributed by atoms with E-state index in [9.17, 15) is 8.42 Å². The van der Waals surface area contributed by atoms with Gasteiger partial charge in [0.1, 0.15) is 5.82 Å². The first-order chi connectivity index (χ1) is 7.97. The summed E-state index contributed by atoms with van der Waals surface area (Å²) in [5, 5.41) is 0.487. The highest BCUT2D eigenvalue weighted by molar-refractivity contribution is 7.92. The Kier molecular flexibility index (Phi) is 3.08. The molecule has 0 aliphatic rings. The topological polar surface area (TPSA) is 74.8 Å². The van der Waals surface area contributed by atoms with Gasteiger partial charge in [-0.1, -0.05) is 17.7 Å². The Morgan fingerprint density at radius 2 is 2.18 bits per heavy atom. The molecule has 2 N–H and O–H groups in total. The molecule has 0 saturated carbocycles. The Morgan fingerprint density at radius 1 is 1.41 bits per heavy atom. The fourth-order valence-corrected chi connectivity index (χ4v) is 2.51. The molecule has 0 unspecified atom stereocenters. The summed E-state index contributed by atoms with van der Waals surface area (Å²) in [6, 6.07) is 6.48. The van der Waals surface area contributed by atoms with Gasteiger partial charge in [-0.2, -0.15) is 8.42 Å². The SMILES string of the molecule is Cc1ncc(S(=O)(=O)Nc2cccc(Cl)c2)[nH]1. The van der Waals surface area contributed by atoms with Gasteiger partial charge in [-0.3, -0.25) is 4.72 Å². The molecule has 17 heavy (non-hydrogen) atoms. The van der Waals surface area contributed by atoms with Gasteiger partial charge in [0.15, 0.2) is 5.03 Å². The molecule has 0 spiro atoms. The van der Waals surface area contributed by atoms with Crippen molar-refractivity contribution in [2.45, 2.75) is 11.9 Å². The molecule has 5 nitrogen and oxygen atoms in total. The van der Waals surface area contributed by atoms with E-state index >= 15 is 0 Å². The van der Waals surface area contributed by atoms with Crippen LogP contribution in [0.15, 0.2) is 35.5 Å². The predicted molar refractivity (Wildman–Crippen MR) is 65.6 cm³/mol. The van der Waals surface area contributed by atoms with E-state index < -0.39 is 10.0 Å². The summed E-state index contributed by atoms with van der Waals surface area (Å²) >= 11 is 5.77. The highest BCUT2D eigenvalue weighted by atomic mass is 35.5. The zero-order valence-corrected chi connectivity index (χ0v) is 10.5. The number of sulfonamides is 1. The molecule has 0 saturated heterocycles. The van der Waals surface area contributed by atoms with Crippen molar-refractivity contribution < 1.29 is 8.42 Å². The molecule has 1 aromatic heterocycles. The average Bonchev–Trinajstić information content (AvgIpc) is 2.65. The standard InChI is InChI=1S/C10H10ClN3O2S/c1-7-12-6-10(13-7)17(15,16)14-9-4-2-3-8(11)5-9/h2-6,14H,1H3,(H,12,13). The zero-order chi connectivity index (χ0) is 12.5. The third-order valence-corrected chi connectivity index (χ3v) is 3.57. The Morgan fingerprint density at radius 3 is 2.76 bits per heavy atom. The molecule has 0 aliphatic heterocycles. The van der Waals surface area contributed by atoms with E-state index in [4.69, 9.17) is 11.6 Å². The van der Waals surface area contributed by atoms with Crippen LogP contribution in [0.25, 0.3) is 0 Å². The van der Waals surface area contributed by atoms with Gasteiger partial charge in [-0.15, -0.1) is 0 Å². The van der Waals surface area contributed by atoms with Gasteiger partial charge in [0, 0.05) is 5.02 Å². The van der Waals surface area contributed by atoms with E-state index in [2.05, 4.69) is 14.7 Å². The second kappa shape index (κ2) is 4.38. The molecule has 2 aromatic rings. The third kappa shape index (κ3) is 2.78. The molecule has 0 amide bonds. The van der Waals surface area contributed by atoms with E-state index in [0.717, 1.165) is 0 Å². The number of aromatic nitrogens is 2. The van der Waals surface area contributed by atoms with Crippen molar-refractivity contribution in [2.24, 2.45) is 0 Å². The number of halogens is 1. The van der Waals surface area contributed by atoms with Crippen LogP contribution in [-0.4, -0.2) is 18.4 Å². The van der Waals surface area contributed by atoms with Gasteiger partial charge in [0.25, 0.3) is 10.0 Å². The first-order valence-corrected chi connectivity index (χ1v) is 6.63. The van der Waals surface area contributed by atoms with Crippen LogP contribution in [0.5, 0.6) is 0 Å². The monoisotopic (exact) mass is 271 g/mol. The number of imidazole rings is 1. The quantitative estimate of drug-likeness (QED) is 0.898. The maximum atomic E-state index is 11.9. The molecule has 90 valence electrons. The van der Waals surface area contributed by atoms with Crippen LogP contribution in [0, 0.1) is 6.92 Å². The van der Waals surface area contributed by atoms with E-state index in [1.165, 1.54) is 12.3 Å². The number of nitrogens with one attached hydrogen (secondary N) is 2. The Labute approximate surface area is 104 Å². The molecule has 0 bridgehead atoms. The maximum absolute atomic E-state index is 11.9. The molecular weight excluding hydrogens is 262 g/mol. The Balaban J connectivity index is 2.29. The molecule has 0 fully saturated rings. The largest absolute Gasteiger partial charge is 0.332 e. The Hall–Kier alpha value is -1.53. The van der Waals surface area contributed by atoms with Gasteiger partial charge in [-0.25, -0.2) is 4.98 Å². The highest BCUT2D eigenvalue weighted by Gasteiger charge is 2.16. The van der Waals surface area contributed by atoms with Crippen molar-refractivity contribution in [3.05, 3.63) is 41.3 Å². The lowest BCUT2D eigenvalue weighted by Crippen LogP contribution is -2.13. The van der Waals surface area contributed by atoms with E-state index in [0.29, 0.717) is 16.5 Å². The van der Waals surface area contributed by atoms with Crippen molar-refractivity contribution in [3.8, 4) is 0 Å². The minimum Gasteiger partial charge on any atom is -0.332 e. The summed E-state index contributed by atoms with van der Waals surface area (Å²) in [6.07, 6.45) is 1.27. The lowest BCUT2D eigenvalue weighted by Gasteiger charge is -2.05. The summed E-state index contributed by atoms with van der Waals surface area (Å²) in [4.78, 5) is 6.50. The molecule has 0 atom stereocenters. The van der Waals surface area contributed by atoms with Crippen molar-refractivity contribution in [1.82, 2.24) is 9.97 Å². The maximum Gasteiger partial charge on any atom is 0.278 e. The normalized spacial score (nSPS) is 11.4. The molecule has 2 rings (SSSR count). The lowest BCUT2D eigenvalue weighted by molar-refractivity contribution is 0.598. The minimum atomic E-state index is -3.64. The lowest BCUT2D eigenvalue weighted by atomic mass is 10.3. The number of aromatic amines is 1. The van der Waals surface area contributed by atoms with E-state index in [1.807, 2.05) is 0 Å². The van der Waals surface area contributed by atoms with Gasteiger partial charge in [0.2, 0.25) is 0 Å². The molecule has 1 heterocycles. The summed E-state index contributed by atoms with van der Waals surface area (Å²) in [7, 11) is -3.64. The number of hydrogen-bond donors (Lipinski definition) is 2. The number of hydrogen-bond acceptors (Lipinski definition) is 3. The number of nitrogens with zero attached hydrogens (tertiary/aromatic N) is 1. The Bertz CT molecular complexity index is 637. The summed E-state index contributed by atoms with van der Waals surface area (Å²) < 4.78 is 26.2. The van der Waals surface area contributed by atoms with Crippen molar-refractivity contribution >= 4 is 27.3 Å². The van der Waals surface area contributed by atoms with Gasteiger partial charge in [0.05, 0.1) is 11.9 Å². The number of benzene rings is 1. The van der Waals surface area contributed by atoms with Crippen LogP contribution in [0.1, 0.15) is 5.82 Å². The van der Waals surface area contributed by atoms with Crippen LogP contribution in [0.2, 0.25) is 5.02 Å². The number of aryl methyl sites for hydroxylation is 1. The zero-order valence-electron chi connectivity index (χ0n) is 8.94. The molecule has 0 radical (unpaired) electrons. The fraction of sp³-hybridized carbons (Fsp3) is 0.100. The second-order valence-corrected chi connectivity index (χ2v) is 5.54. The van der Waals surface area contributed by atoms with Crippen LogP contribution in [0.3, 0.4) is 0 Å². The van der Waals surface area contributed by atoms with Crippen LogP contribution in [-0.2, 0) is 10.0 Å². The minimum absolute atomic E-state index is 0.0231. The summed E-state index contributed by atoms with van der Waals surface area (Å²) in [6.45, 7) is 1.68. The molecular formula is C10H10ClN3O2S. The van der Waals surface area contributed by atoms with E-state index in [1.54, 1.807) is 25.1 Å². The summed E-state index contributed by atoms with van der Waals surface area (Å²) in [5.41, 5.74) is 0.407. The first-order valence-electron chi connectivity index (χ1n) is 4.77. The number of H-pyrrole nitrogens is 1. The molecule has 7 heteroatoms. The number of anilines is 1. The van der Waals surface area contributed by atoms with Crippen molar-refractivity contribution in [1.29, 1.82) is 0 Å². The van der Waals surface area contributed by atoms with Crippen molar-refractivity contribution in [2.75, 3.05) is 4.72 Å². The average molecular weight is 272 g/mol. The molecule has 0 aliphatic carbocycles. The van der Waals surface area contributed by atoms with Crippen molar-refractivity contribution in [3.63, 3.8) is 0 Å².